The summed E-state index contributed by atoms with van der Waals surface area (Å²) in [4.78, 5) is 14.5. The van der Waals surface area contributed by atoms with Crippen LogP contribution in [0.4, 0.5) is 13.2 Å². The van der Waals surface area contributed by atoms with Crippen molar-refractivity contribution in [3.05, 3.63) is 40.6 Å². The molecule has 0 spiro atoms. The number of halogens is 3. The summed E-state index contributed by atoms with van der Waals surface area (Å²) in [5.41, 5.74) is 1.43. The monoisotopic (exact) mass is 385 g/mol. The number of amides is 1. The predicted octanol–water partition coefficient (Wildman–Crippen LogP) is 3.43. The highest BCUT2D eigenvalue weighted by atomic mass is 19.4. The van der Waals surface area contributed by atoms with Gasteiger partial charge in [-0.3, -0.25) is 9.48 Å². The van der Waals surface area contributed by atoms with Gasteiger partial charge in [0.15, 0.2) is 5.76 Å². The van der Waals surface area contributed by atoms with Crippen LogP contribution < -0.4 is 0 Å². The minimum Gasteiger partial charge on any atom is -0.456 e. The Kier molecular flexibility index (Phi) is 5.32. The molecule has 1 amide bonds. The van der Waals surface area contributed by atoms with E-state index < -0.39 is 18.8 Å². The van der Waals surface area contributed by atoms with Gasteiger partial charge in [-0.1, -0.05) is 6.92 Å². The predicted molar refractivity (Wildman–Crippen MR) is 90.4 cm³/mol. The van der Waals surface area contributed by atoms with Gasteiger partial charge >= 0.3 is 6.18 Å². The summed E-state index contributed by atoms with van der Waals surface area (Å²) < 4.78 is 50.4. The lowest BCUT2D eigenvalue weighted by Gasteiger charge is -2.35. The van der Waals surface area contributed by atoms with Crippen LogP contribution in [0, 0.1) is 13.8 Å². The van der Waals surface area contributed by atoms with Crippen molar-refractivity contribution in [2.75, 3.05) is 19.8 Å². The van der Waals surface area contributed by atoms with Crippen molar-refractivity contribution in [1.29, 1.82) is 0 Å². The van der Waals surface area contributed by atoms with Gasteiger partial charge in [-0.2, -0.15) is 18.3 Å². The van der Waals surface area contributed by atoms with Gasteiger partial charge in [-0.25, -0.2) is 0 Å². The maximum atomic E-state index is 12.9. The molecule has 0 unspecified atom stereocenters. The molecule has 27 heavy (non-hydrogen) atoms. The lowest BCUT2D eigenvalue weighted by atomic mass is 10.0. The zero-order valence-corrected chi connectivity index (χ0v) is 15.5. The molecule has 0 N–H and O–H groups in total. The highest BCUT2D eigenvalue weighted by Gasteiger charge is 2.36. The molecular weight excluding hydrogens is 363 g/mol. The summed E-state index contributed by atoms with van der Waals surface area (Å²) in [6.07, 6.45) is -3.70. The van der Waals surface area contributed by atoms with Crippen LogP contribution in [0.25, 0.3) is 0 Å². The van der Waals surface area contributed by atoms with Crippen molar-refractivity contribution in [1.82, 2.24) is 14.7 Å². The van der Waals surface area contributed by atoms with Crippen molar-refractivity contribution >= 4 is 5.91 Å². The average molecular weight is 385 g/mol. The second-order valence-electron chi connectivity index (χ2n) is 6.57. The van der Waals surface area contributed by atoms with E-state index >= 15 is 0 Å². The number of hydrogen-bond acceptors (Lipinski definition) is 4. The smallest absolute Gasteiger partial charge is 0.408 e. The molecule has 1 saturated heterocycles. The zero-order chi connectivity index (χ0) is 19.8. The van der Waals surface area contributed by atoms with Crippen LogP contribution in [0.5, 0.6) is 0 Å². The first kappa shape index (κ1) is 19.5. The van der Waals surface area contributed by atoms with Crippen LogP contribution in [0.15, 0.2) is 16.5 Å². The van der Waals surface area contributed by atoms with Gasteiger partial charge in [0.2, 0.25) is 0 Å². The average Bonchev–Trinajstić information content (AvgIpc) is 3.18. The van der Waals surface area contributed by atoms with Gasteiger partial charge < -0.3 is 14.1 Å². The molecule has 3 heterocycles. The van der Waals surface area contributed by atoms with Gasteiger partial charge in [-0.05, 0) is 26.0 Å². The molecule has 6 nitrogen and oxygen atoms in total. The number of morpholine rings is 1. The van der Waals surface area contributed by atoms with Crippen LogP contribution in [0.2, 0.25) is 0 Å². The van der Waals surface area contributed by atoms with Crippen LogP contribution in [0.3, 0.4) is 0 Å². The molecule has 0 aliphatic carbocycles. The zero-order valence-electron chi connectivity index (χ0n) is 15.5. The molecular formula is C18H22F3N3O3. The van der Waals surface area contributed by atoms with E-state index in [1.165, 1.54) is 0 Å². The summed E-state index contributed by atoms with van der Waals surface area (Å²) in [5, 5.41) is 4.03. The Morgan fingerprint density at radius 1 is 1.33 bits per heavy atom. The fourth-order valence-corrected chi connectivity index (χ4v) is 3.43. The summed E-state index contributed by atoms with van der Waals surface area (Å²) in [5.74, 6) is 0.621. The third kappa shape index (κ3) is 4.02. The molecule has 0 saturated carbocycles. The first-order valence-corrected chi connectivity index (χ1v) is 8.79. The van der Waals surface area contributed by atoms with Crippen molar-refractivity contribution in [3.8, 4) is 0 Å². The Balaban J connectivity index is 1.93. The van der Waals surface area contributed by atoms with Crippen LogP contribution in [-0.4, -0.2) is 46.5 Å². The Hall–Kier alpha value is -2.29. The van der Waals surface area contributed by atoms with Crippen LogP contribution in [0.1, 0.15) is 46.2 Å². The van der Waals surface area contributed by atoms with Crippen molar-refractivity contribution in [2.24, 2.45) is 0 Å². The number of ether oxygens (including phenoxy) is 1. The van der Waals surface area contributed by atoms with Gasteiger partial charge in [0.05, 0.1) is 24.9 Å². The summed E-state index contributed by atoms with van der Waals surface area (Å²) >= 11 is 0. The van der Waals surface area contributed by atoms with E-state index in [9.17, 15) is 18.0 Å². The van der Waals surface area contributed by atoms with Gasteiger partial charge in [0, 0.05) is 24.2 Å². The Labute approximate surface area is 154 Å². The number of alkyl halides is 3. The molecule has 2 aromatic rings. The van der Waals surface area contributed by atoms with E-state index in [0.29, 0.717) is 42.3 Å². The fourth-order valence-electron chi connectivity index (χ4n) is 3.43. The molecule has 0 aromatic carbocycles. The van der Waals surface area contributed by atoms with Gasteiger partial charge in [0.25, 0.3) is 5.91 Å². The number of aromatic nitrogens is 2. The number of carbonyl (C=O) groups excluding carboxylic acids is 1. The summed E-state index contributed by atoms with van der Waals surface area (Å²) in [6.45, 7) is 4.88. The lowest BCUT2D eigenvalue weighted by Crippen LogP contribution is -2.43. The minimum absolute atomic E-state index is 0.201. The van der Waals surface area contributed by atoms with Crippen molar-refractivity contribution < 1.29 is 27.1 Å². The number of aryl methyl sites for hydroxylation is 2. The normalized spacial score (nSPS) is 18.1. The lowest BCUT2D eigenvalue weighted by molar-refractivity contribution is -0.143. The number of hydrogen-bond donors (Lipinski definition) is 0. The van der Waals surface area contributed by atoms with E-state index in [-0.39, 0.29) is 18.3 Å². The standard InChI is InChI=1S/C18H22F3N3O3/c1-4-13-5-6-15(27-13)17(25)23-7-8-26-9-14(23)16-11(2)22-24(12(16)3)10-18(19,20)21/h5-6,14H,4,7-10H2,1-3H3/t14-/m1/s1. The topological polar surface area (TPSA) is 60.5 Å². The molecule has 2 aromatic heterocycles. The molecule has 0 radical (unpaired) electrons. The van der Waals surface area contributed by atoms with Gasteiger partial charge in [0.1, 0.15) is 12.3 Å². The first-order chi connectivity index (χ1) is 12.7. The maximum absolute atomic E-state index is 12.9. The van der Waals surface area contributed by atoms with Gasteiger partial charge in [-0.15, -0.1) is 0 Å². The Morgan fingerprint density at radius 2 is 2.07 bits per heavy atom. The summed E-state index contributed by atoms with van der Waals surface area (Å²) in [6, 6.07) is 2.87. The van der Waals surface area contributed by atoms with E-state index in [0.717, 1.165) is 4.68 Å². The molecule has 3 rings (SSSR count). The summed E-state index contributed by atoms with van der Waals surface area (Å²) in [7, 11) is 0. The molecule has 1 atom stereocenters. The molecule has 9 heteroatoms. The van der Waals surface area contributed by atoms with Crippen molar-refractivity contribution in [3.63, 3.8) is 0 Å². The Morgan fingerprint density at radius 3 is 2.70 bits per heavy atom. The highest BCUT2D eigenvalue weighted by molar-refractivity contribution is 5.92. The van der Waals surface area contributed by atoms with Crippen molar-refractivity contribution in [2.45, 2.75) is 46.0 Å². The molecule has 1 aliphatic heterocycles. The van der Waals surface area contributed by atoms with E-state index in [1.54, 1.807) is 30.9 Å². The van der Waals surface area contributed by atoms with Crippen LogP contribution in [-0.2, 0) is 17.7 Å². The number of rotatable bonds is 4. The molecule has 1 aliphatic rings. The number of carbonyl (C=O) groups is 1. The number of furan rings is 1. The SMILES string of the molecule is CCc1ccc(C(=O)N2CCOC[C@@H]2c2c(C)nn(CC(F)(F)F)c2C)o1. The quantitative estimate of drug-likeness (QED) is 0.809. The number of nitrogens with zero attached hydrogens (tertiary/aromatic N) is 3. The second kappa shape index (κ2) is 7.38. The van der Waals surface area contributed by atoms with E-state index in [2.05, 4.69) is 5.10 Å². The van der Waals surface area contributed by atoms with Crippen LogP contribution >= 0.6 is 0 Å². The first-order valence-electron chi connectivity index (χ1n) is 8.79. The third-order valence-corrected chi connectivity index (χ3v) is 4.71. The fraction of sp³-hybridized carbons (Fsp3) is 0.556. The maximum Gasteiger partial charge on any atom is 0.408 e. The molecule has 1 fully saturated rings. The second-order valence-corrected chi connectivity index (χ2v) is 6.57. The molecule has 148 valence electrons. The molecule has 0 bridgehead atoms. The third-order valence-electron chi connectivity index (χ3n) is 4.71. The van der Waals surface area contributed by atoms with E-state index in [4.69, 9.17) is 9.15 Å². The highest BCUT2D eigenvalue weighted by Crippen LogP contribution is 2.32. The largest absolute Gasteiger partial charge is 0.456 e. The van der Waals surface area contributed by atoms with E-state index in [1.807, 2.05) is 6.92 Å². The Bertz CT molecular complexity index is 826. The minimum atomic E-state index is -4.37.